The summed E-state index contributed by atoms with van der Waals surface area (Å²) < 4.78 is 10.9. The average molecular weight is 358 g/mol. The standard InChI is InChI=1S/C19H19NO2S2/c1-13-7-4-5-10-17(13)23-11-14-12-24-19(20-14)15-8-6-9-16(21-2)18(15)22-3/h4-10,12H,11H2,1-3H3. The third kappa shape index (κ3) is 3.57. The van der Waals surface area contributed by atoms with Crippen molar-refractivity contribution in [1.29, 1.82) is 0 Å². The highest BCUT2D eigenvalue weighted by Gasteiger charge is 2.14. The fourth-order valence-corrected chi connectivity index (χ4v) is 4.29. The zero-order valence-electron chi connectivity index (χ0n) is 13.9. The van der Waals surface area contributed by atoms with Crippen molar-refractivity contribution in [3.05, 3.63) is 59.1 Å². The van der Waals surface area contributed by atoms with E-state index in [-0.39, 0.29) is 0 Å². The number of methoxy groups -OCH3 is 2. The number of rotatable bonds is 6. The minimum absolute atomic E-state index is 0.723. The topological polar surface area (TPSA) is 31.4 Å². The molecule has 0 atom stereocenters. The number of thioether (sulfide) groups is 1. The van der Waals surface area contributed by atoms with Crippen LogP contribution in [0.3, 0.4) is 0 Å². The first-order chi connectivity index (χ1) is 11.7. The Morgan fingerprint density at radius 3 is 2.62 bits per heavy atom. The Morgan fingerprint density at radius 1 is 1.04 bits per heavy atom. The van der Waals surface area contributed by atoms with Gasteiger partial charge in [-0.25, -0.2) is 4.98 Å². The minimum atomic E-state index is 0.723. The summed E-state index contributed by atoms with van der Waals surface area (Å²) in [5.74, 6) is 2.31. The summed E-state index contributed by atoms with van der Waals surface area (Å²) in [5, 5.41) is 3.06. The fraction of sp³-hybridized carbons (Fsp3) is 0.211. The number of aromatic nitrogens is 1. The van der Waals surface area contributed by atoms with Gasteiger partial charge in [0.1, 0.15) is 5.01 Å². The molecular formula is C19H19NO2S2. The van der Waals surface area contributed by atoms with Crippen LogP contribution in [0.25, 0.3) is 10.6 Å². The van der Waals surface area contributed by atoms with Gasteiger partial charge in [-0.15, -0.1) is 23.1 Å². The molecule has 3 rings (SSSR count). The predicted octanol–water partition coefficient (Wildman–Crippen LogP) is 5.43. The summed E-state index contributed by atoms with van der Waals surface area (Å²) in [5.41, 5.74) is 3.34. The van der Waals surface area contributed by atoms with Crippen molar-refractivity contribution >= 4 is 23.1 Å². The number of hydrogen-bond acceptors (Lipinski definition) is 5. The highest BCUT2D eigenvalue weighted by Crippen LogP contribution is 2.39. The first-order valence-corrected chi connectivity index (χ1v) is 9.43. The van der Waals surface area contributed by atoms with Crippen molar-refractivity contribution in [1.82, 2.24) is 4.98 Å². The molecule has 0 saturated heterocycles. The number of thiazole rings is 1. The molecule has 0 radical (unpaired) electrons. The number of ether oxygens (including phenoxy) is 2. The molecular weight excluding hydrogens is 338 g/mol. The maximum atomic E-state index is 5.51. The lowest BCUT2D eigenvalue weighted by Crippen LogP contribution is -1.93. The molecule has 0 amide bonds. The summed E-state index contributed by atoms with van der Waals surface area (Å²) in [4.78, 5) is 6.07. The van der Waals surface area contributed by atoms with Crippen LogP contribution in [0, 0.1) is 6.92 Å². The second kappa shape index (κ2) is 7.73. The smallest absolute Gasteiger partial charge is 0.170 e. The lowest BCUT2D eigenvalue weighted by atomic mass is 10.2. The van der Waals surface area contributed by atoms with Gasteiger partial charge in [0, 0.05) is 16.0 Å². The second-order valence-electron chi connectivity index (χ2n) is 5.24. The molecule has 0 saturated carbocycles. The van der Waals surface area contributed by atoms with E-state index >= 15 is 0 Å². The maximum absolute atomic E-state index is 5.51. The Morgan fingerprint density at radius 2 is 1.88 bits per heavy atom. The number of para-hydroxylation sites is 1. The Bertz CT molecular complexity index is 830. The molecule has 0 N–H and O–H groups in total. The van der Waals surface area contributed by atoms with Gasteiger partial charge in [-0.3, -0.25) is 0 Å². The van der Waals surface area contributed by atoms with Crippen LogP contribution in [0.5, 0.6) is 11.5 Å². The lowest BCUT2D eigenvalue weighted by molar-refractivity contribution is 0.356. The largest absolute Gasteiger partial charge is 0.493 e. The molecule has 124 valence electrons. The molecule has 1 heterocycles. The van der Waals surface area contributed by atoms with Gasteiger partial charge in [0.25, 0.3) is 0 Å². The van der Waals surface area contributed by atoms with Crippen molar-refractivity contribution in [3.63, 3.8) is 0 Å². The van der Waals surface area contributed by atoms with E-state index in [1.165, 1.54) is 10.5 Å². The molecule has 0 aliphatic heterocycles. The fourth-order valence-electron chi connectivity index (χ4n) is 2.42. The van der Waals surface area contributed by atoms with Crippen LogP contribution in [-0.2, 0) is 5.75 Å². The van der Waals surface area contributed by atoms with E-state index in [0.717, 1.165) is 33.5 Å². The van der Waals surface area contributed by atoms with Crippen molar-refractivity contribution < 1.29 is 9.47 Å². The SMILES string of the molecule is COc1cccc(-c2nc(CSc3ccccc3C)cs2)c1OC. The zero-order chi connectivity index (χ0) is 16.9. The van der Waals surface area contributed by atoms with E-state index < -0.39 is 0 Å². The average Bonchev–Trinajstić information content (AvgIpc) is 3.09. The number of aryl methyl sites for hydroxylation is 1. The highest BCUT2D eigenvalue weighted by molar-refractivity contribution is 7.98. The van der Waals surface area contributed by atoms with Gasteiger partial charge in [-0.2, -0.15) is 0 Å². The molecule has 5 heteroatoms. The van der Waals surface area contributed by atoms with Crippen LogP contribution < -0.4 is 9.47 Å². The van der Waals surface area contributed by atoms with Gasteiger partial charge in [0.2, 0.25) is 0 Å². The molecule has 0 aliphatic rings. The molecule has 0 aliphatic carbocycles. The van der Waals surface area contributed by atoms with Crippen LogP contribution in [0.15, 0.2) is 52.7 Å². The second-order valence-corrected chi connectivity index (χ2v) is 7.11. The maximum Gasteiger partial charge on any atom is 0.170 e. The molecule has 0 bridgehead atoms. The molecule has 24 heavy (non-hydrogen) atoms. The van der Waals surface area contributed by atoms with Crippen LogP contribution in [-0.4, -0.2) is 19.2 Å². The van der Waals surface area contributed by atoms with Crippen LogP contribution >= 0.6 is 23.1 Å². The van der Waals surface area contributed by atoms with Gasteiger partial charge in [-0.05, 0) is 30.7 Å². The first-order valence-electron chi connectivity index (χ1n) is 7.57. The third-order valence-corrected chi connectivity index (χ3v) is 5.79. The van der Waals surface area contributed by atoms with E-state index in [4.69, 9.17) is 14.5 Å². The summed E-state index contributed by atoms with van der Waals surface area (Å²) >= 11 is 3.45. The van der Waals surface area contributed by atoms with E-state index in [0.29, 0.717) is 0 Å². The van der Waals surface area contributed by atoms with Crippen molar-refractivity contribution in [3.8, 4) is 22.1 Å². The predicted molar refractivity (Wildman–Crippen MR) is 101 cm³/mol. The Hall–Kier alpha value is -1.98. The van der Waals surface area contributed by atoms with Crippen LogP contribution in [0.4, 0.5) is 0 Å². The van der Waals surface area contributed by atoms with Gasteiger partial charge < -0.3 is 9.47 Å². The molecule has 1 aromatic heterocycles. The Kier molecular flexibility index (Phi) is 5.43. The van der Waals surface area contributed by atoms with Crippen molar-refractivity contribution in [2.75, 3.05) is 14.2 Å². The van der Waals surface area contributed by atoms with Gasteiger partial charge in [-0.1, -0.05) is 24.3 Å². The van der Waals surface area contributed by atoms with Crippen LogP contribution in [0.1, 0.15) is 11.3 Å². The van der Waals surface area contributed by atoms with E-state index in [2.05, 4.69) is 36.6 Å². The Balaban J connectivity index is 1.80. The molecule has 3 aromatic rings. The van der Waals surface area contributed by atoms with E-state index in [1.54, 1.807) is 25.6 Å². The van der Waals surface area contributed by atoms with E-state index in [9.17, 15) is 0 Å². The molecule has 0 spiro atoms. The van der Waals surface area contributed by atoms with Crippen LogP contribution in [0.2, 0.25) is 0 Å². The van der Waals surface area contributed by atoms with E-state index in [1.807, 2.05) is 30.0 Å². The molecule has 0 fully saturated rings. The van der Waals surface area contributed by atoms with Gasteiger partial charge in [0.05, 0.1) is 25.5 Å². The molecule has 2 aromatic carbocycles. The van der Waals surface area contributed by atoms with Crippen molar-refractivity contribution in [2.45, 2.75) is 17.6 Å². The first kappa shape index (κ1) is 16.9. The molecule has 0 unspecified atom stereocenters. The van der Waals surface area contributed by atoms with Gasteiger partial charge in [0.15, 0.2) is 11.5 Å². The number of benzene rings is 2. The summed E-state index contributed by atoms with van der Waals surface area (Å²) in [6, 6.07) is 14.3. The summed E-state index contributed by atoms with van der Waals surface area (Å²) in [6.45, 7) is 2.13. The van der Waals surface area contributed by atoms with Crippen molar-refractivity contribution in [2.24, 2.45) is 0 Å². The summed E-state index contributed by atoms with van der Waals surface area (Å²) in [6.07, 6.45) is 0. The Labute approximate surface area is 150 Å². The molecule has 3 nitrogen and oxygen atoms in total. The number of hydrogen-bond donors (Lipinski definition) is 0. The monoisotopic (exact) mass is 357 g/mol. The minimum Gasteiger partial charge on any atom is -0.493 e. The normalized spacial score (nSPS) is 10.6. The number of nitrogens with zero attached hydrogens (tertiary/aromatic N) is 1. The third-order valence-electron chi connectivity index (χ3n) is 3.65. The quantitative estimate of drug-likeness (QED) is 0.551. The van der Waals surface area contributed by atoms with Gasteiger partial charge >= 0.3 is 0 Å². The zero-order valence-corrected chi connectivity index (χ0v) is 15.5. The summed E-state index contributed by atoms with van der Waals surface area (Å²) in [7, 11) is 3.30. The lowest BCUT2D eigenvalue weighted by Gasteiger charge is -2.10. The highest BCUT2D eigenvalue weighted by atomic mass is 32.2.